The summed E-state index contributed by atoms with van der Waals surface area (Å²) in [5, 5.41) is 7.42. The maximum Gasteiger partial charge on any atom is 0.745 e. The Labute approximate surface area is 63.5 Å². The highest BCUT2D eigenvalue weighted by Crippen LogP contribution is 2.30. The average molecular weight is 204 g/mol. The number of aliphatic carboxylic acids is 1. The van der Waals surface area contributed by atoms with E-state index in [-0.39, 0.29) is 0 Å². The Morgan fingerprint density at radius 2 is 1.45 bits per heavy atom. The van der Waals surface area contributed by atoms with Crippen LogP contribution >= 0.6 is 16.5 Å². The van der Waals surface area contributed by atoms with Crippen LogP contribution in [0, 0.1) is 0 Å². The largest absolute Gasteiger partial charge is 0.745 e. The molecule has 0 aliphatic carbocycles. The number of carboxylic acid groups (broad SMARTS) is 1. The fourth-order valence-corrected chi connectivity index (χ4v) is 0.538. The topological polar surface area (TPSA) is 121 Å². The van der Waals surface area contributed by atoms with Crippen LogP contribution in [0.15, 0.2) is 0 Å². The van der Waals surface area contributed by atoms with Crippen LogP contribution < -0.4 is 0 Å². The van der Waals surface area contributed by atoms with Gasteiger partial charge in [0.25, 0.3) is 5.97 Å². The van der Waals surface area contributed by atoms with Crippen molar-refractivity contribution in [3.05, 3.63) is 0 Å². The van der Waals surface area contributed by atoms with Crippen molar-refractivity contribution >= 4 is 22.5 Å². The van der Waals surface area contributed by atoms with Crippen molar-refractivity contribution in [2.24, 2.45) is 0 Å². The quantitative estimate of drug-likeness (QED) is 0.556. The minimum Gasteiger partial charge on any atom is -0.481 e. The number of hydrogen-bond acceptors (Lipinski definition) is 4. The van der Waals surface area contributed by atoms with E-state index >= 15 is 0 Å². The lowest BCUT2D eigenvalue weighted by Crippen LogP contribution is -1.78. The first-order valence-electron chi connectivity index (χ1n) is 2.06. The Hall–Kier alpha value is -0.450. The van der Waals surface area contributed by atoms with Gasteiger partial charge in [-0.2, -0.15) is 0 Å². The van der Waals surface area contributed by atoms with Gasteiger partial charge >= 0.3 is 16.5 Å². The first-order valence-corrected chi connectivity index (χ1v) is 4.32. The molecule has 0 aromatic heterocycles. The molecule has 0 fully saturated rings. The van der Waals surface area contributed by atoms with Gasteiger partial charge in [0.2, 0.25) is 0 Å². The van der Waals surface area contributed by atoms with Gasteiger partial charge < -0.3 is 5.11 Å². The monoisotopic (exact) mass is 204 g/mol. The fourth-order valence-electron chi connectivity index (χ4n) is 0.0598. The van der Waals surface area contributed by atoms with E-state index in [0.717, 1.165) is 6.92 Å². The molecule has 9 heteroatoms. The molecule has 0 aromatic carbocycles. The molecule has 3 N–H and O–H groups in total. The molecule has 0 bridgehead atoms. The molecule has 0 saturated heterocycles. The minimum atomic E-state index is -2.92. The van der Waals surface area contributed by atoms with Gasteiger partial charge in [-0.05, 0) is 0 Å². The highest BCUT2D eigenvalue weighted by atomic mass is 31.2. The summed E-state index contributed by atoms with van der Waals surface area (Å²) in [5.74, 6) is -0.833. The molecule has 0 aromatic rings. The van der Waals surface area contributed by atoms with Crippen molar-refractivity contribution in [2.75, 3.05) is 0 Å². The Morgan fingerprint density at radius 3 is 1.45 bits per heavy atom. The zero-order chi connectivity index (χ0) is 9.44. The molecule has 0 saturated carbocycles. The van der Waals surface area contributed by atoms with Crippen molar-refractivity contribution < 1.29 is 33.1 Å². The Bertz CT molecular complexity index is 148. The predicted molar refractivity (Wildman–Crippen MR) is 34.0 cm³/mol. The summed E-state index contributed by atoms with van der Waals surface area (Å²) in [6.45, 7) is 1.08. The molecule has 0 amide bonds. The number of rotatable bonds is 2. The number of carboxylic acids is 1. The maximum atomic E-state index is 9.39. The summed E-state index contributed by atoms with van der Waals surface area (Å²) >= 11 is 0. The van der Waals surface area contributed by atoms with Gasteiger partial charge in [-0.1, -0.05) is 0 Å². The Balaban J connectivity index is 0. The van der Waals surface area contributed by atoms with Crippen molar-refractivity contribution in [1.82, 2.24) is 0 Å². The summed E-state index contributed by atoms with van der Waals surface area (Å²) in [6.07, 6.45) is 0. The maximum absolute atomic E-state index is 9.39. The average Bonchev–Trinajstić information content (AvgIpc) is 1.56. The van der Waals surface area contributed by atoms with Crippen molar-refractivity contribution in [1.29, 1.82) is 0 Å². The lowest BCUT2D eigenvalue weighted by Gasteiger charge is -1.59. The molecule has 0 spiro atoms. The first kappa shape index (κ1) is 13.2. The normalized spacial score (nSPS) is 10.8. The van der Waals surface area contributed by atoms with Crippen LogP contribution in [0.5, 0.6) is 0 Å². The van der Waals surface area contributed by atoms with E-state index in [0.29, 0.717) is 0 Å². The van der Waals surface area contributed by atoms with E-state index in [1.165, 1.54) is 0 Å². The highest BCUT2D eigenvalue weighted by molar-refractivity contribution is 7.46. The molecule has 0 heterocycles. The molecule has 0 aliphatic heterocycles. The van der Waals surface area contributed by atoms with Gasteiger partial charge in [0, 0.05) is 16.1 Å². The van der Waals surface area contributed by atoms with Crippen LogP contribution in [0.4, 0.5) is 0 Å². The second kappa shape index (κ2) is 7.65. The Kier molecular flexibility index (Phi) is 9.16. The first-order chi connectivity index (χ1) is 4.86. The van der Waals surface area contributed by atoms with Crippen molar-refractivity contribution in [2.45, 2.75) is 6.92 Å². The zero-order valence-corrected chi connectivity index (χ0v) is 7.16. The van der Waals surface area contributed by atoms with Gasteiger partial charge in [0.1, 0.15) is 0 Å². The smallest absolute Gasteiger partial charge is 0.481 e. The van der Waals surface area contributed by atoms with E-state index in [4.69, 9.17) is 19.7 Å². The molecular formula is C2H6O7P2+2. The van der Waals surface area contributed by atoms with E-state index in [9.17, 15) is 9.13 Å². The minimum absolute atomic E-state index is 0.833. The van der Waals surface area contributed by atoms with Crippen LogP contribution in [0.1, 0.15) is 6.92 Å². The second-order valence-corrected chi connectivity index (χ2v) is 2.68. The third-order valence-electron chi connectivity index (χ3n) is 0.140. The third kappa shape index (κ3) is 43.2. The summed E-state index contributed by atoms with van der Waals surface area (Å²) in [6, 6.07) is 0. The summed E-state index contributed by atoms with van der Waals surface area (Å²) in [7, 11) is -5.85. The highest BCUT2D eigenvalue weighted by Gasteiger charge is 2.31. The SMILES string of the molecule is CC(=O)O.O=[P+](O)O[P+](=O)O. The molecule has 0 rings (SSSR count). The lowest BCUT2D eigenvalue weighted by atomic mass is 10.9. The molecule has 2 unspecified atom stereocenters. The molecule has 7 nitrogen and oxygen atoms in total. The molecule has 64 valence electrons. The van der Waals surface area contributed by atoms with Crippen LogP contribution in [-0.4, -0.2) is 20.9 Å². The van der Waals surface area contributed by atoms with Gasteiger partial charge in [-0.15, -0.1) is 9.79 Å². The second-order valence-electron chi connectivity index (χ2n) is 1.08. The molecule has 0 radical (unpaired) electrons. The van der Waals surface area contributed by atoms with Gasteiger partial charge in [0.15, 0.2) is 4.31 Å². The van der Waals surface area contributed by atoms with E-state index < -0.39 is 22.5 Å². The van der Waals surface area contributed by atoms with Gasteiger partial charge in [0.05, 0.1) is 0 Å². The number of hydrogen-bond donors (Lipinski definition) is 3. The summed E-state index contributed by atoms with van der Waals surface area (Å²) in [5.41, 5.74) is 0. The molecule has 0 aliphatic rings. The van der Waals surface area contributed by atoms with Crippen LogP contribution in [-0.2, 0) is 18.2 Å². The number of carbonyl (C=O) groups is 1. The zero-order valence-electron chi connectivity index (χ0n) is 5.37. The van der Waals surface area contributed by atoms with Gasteiger partial charge in [-0.3, -0.25) is 4.79 Å². The molecular weight excluding hydrogens is 198 g/mol. The molecule has 11 heavy (non-hydrogen) atoms. The predicted octanol–water partition coefficient (Wildman–Crippen LogP) is 0.393. The summed E-state index contributed by atoms with van der Waals surface area (Å²) < 4.78 is 22.2. The summed E-state index contributed by atoms with van der Waals surface area (Å²) in [4.78, 5) is 24.3. The van der Waals surface area contributed by atoms with Crippen molar-refractivity contribution in [3.63, 3.8) is 0 Å². The van der Waals surface area contributed by atoms with Crippen LogP contribution in [0.25, 0.3) is 0 Å². The van der Waals surface area contributed by atoms with E-state index in [1.54, 1.807) is 0 Å². The van der Waals surface area contributed by atoms with Crippen LogP contribution in [0.2, 0.25) is 0 Å². The van der Waals surface area contributed by atoms with Crippen LogP contribution in [0.3, 0.4) is 0 Å². The van der Waals surface area contributed by atoms with E-state index in [1.807, 2.05) is 0 Å². The van der Waals surface area contributed by atoms with E-state index in [2.05, 4.69) is 4.31 Å². The fraction of sp³-hybridized carbons (Fsp3) is 0.500. The third-order valence-corrected chi connectivity index (χ3v) is 1.26. The van der Waals surface area contributed by atoms with Crippen molar-refractivity contribution in [3.8, 4) is 0 Å². The standard InChI is InChI=1S/C2H4O2.O5P2/c1-2(3)4;1-6(2)5-7(3)4/h1H3,(H,3,4);/p+2. The van der Waals surface area contributed by atoms with Gasteiger partial charge in [-0.25, -0.2) is 0 Å². The Morgan fingerprint density at radius 1 is 1.27 bits per heavy atom. The molecule has 2 atom stereocenters. The lowest BCUT2D eigenvalue weighted by molar-refractivity contribution is -0.134.